The number of anilines is 1. The summed E-state index contributed by atoms with van der Waals surface area (Å²) in [6.45, 7) is 1.88. The van der Waals surface area contributed by atoms with Crippen molar-refractivity contribution < 1.29 is 27.9 Å². The summed E-state index contributed by atoms with van der Waals surface area (Å²) < 4.78 is 35.0. The first kappa shape index (κ1) is 31.2. The fraction of sp³-hybridized carbons (Fsp3) is 0.321. The molecule has 43 heavy (non-hydrogen) atoms. The second-order valence-corrected chi connectivity index (χ2v) is 10.1. The number of guanidine groups is 1. The molecule has 0 bridgehead atoms. The van der Waals surface area contributed by atoms with Gasteiger partial charge in [-0.1, -0.05) is 11.6 Å². The molecule has 0 spiro atoms. The number of carbonyl (C=O) groups is 3. The van der Waals surface area contributed by atoms with E-state index in [9.17, 15) is 23.2 Å². The molecular formula is C28H31ClF2N8O4. The third kappa shape index (κ3) is 7.02. The number of nitrogens with zero attached hydrogens (tertiary/aromatic N) is 4. The van der Waals surface area contributed by atoms with Crippen molar-refractivity contribution in [3.8, 4) is 17.0 Å². The first-order chi connectivity index (χ1) is 20.5. The van der Waals surface area contributed by atoms with Gasteiger partial charge in [0.2, 0.25) is 11.7 Å². The van der Waals surface area contributed by atoms with E-state index in [4.69, 9.17) is 27.5 Å². The van der Waals surface area contributed by atoms with Crippen molar-refractivity contribution >= 4 is 41.0 Å². The Bertz CT molecular complexity index is 1560. The van der Waals surface area contributed by atoms with Crippen molar-refractivity contribution in [2.45, 2.75) is 12.8 Å². The highest BCUT2D eigenvalue weighted by molar-refractivity contribution is 6.34. The Hall–Kier alpha value is -4.72. The average Bonchev–Trinajstić information content (AvgIpc) is 3.37. The van der Waals surface area contributed by atoms with Gasteiger partial charge in [-0.2, -0.15) is 4.39 Å². The molecule has 0 aliphatic carbocycles. The summed E-state index contributed by atoms with van der Waals surface area (Å²) in [5.41, 5.74) is 5.86. The molecule has 12 nitrogen and oxygen atoms in total. The summed E-state index contributed by atoms with van der Waals surface area (Å²) in [5.74, 6) is -3.70. The minimum Gasteiger partial charge on any atom is -0.494 e. The molecule has 5 N–H and O–H groups in total. The van der Waals surface area contributed by atoms with Gasteiger partial charge < -0.3 is 35.5 Å². The SMILES string of the molecule is COc1ccc(-c2cnc(C(=O)Nc3ccc(C(=O)N4CCN(C(=O)CCCNC(=N)N)CC4)c(Cl)c3)n2C)c(F)c1F. The van der Waals surface area contributed by atoms with E-state index < -0.39 is 17.5 Å². The molecule has 1 saturated heterocycles. The summed E-state index contributed by atoms with van der Waals surface area (Å²) in [6, 6.07) is 7.07. The monoisotopic (exact) mass is 616 g/mol. The highest BCUT2D eigenvalue weighted by Gasteiger charge is 2.26. The van der Waals surface area contributed by atoms with Crippen LogP contribution in [0.15, 0.2) is 36.5 Å². The Balaban J connectivity index is 1.36. The van der Waals surface area contributed by atoms with Crippen LogP contribution in [0.25, 0.3) is 11.3 Å². The summed E-state index contributed by atoms with van der Waals surface area (Å²) in [4.78, 5) is 45.9. The average molecular weight is 617 g/mol. The van der Waals surface area contributed by atoms with Crippen LogP contribution >= 0.6 is 11.6 Å². The molecule has 4 rings (SSSR count). The molecule has 0 unspecified atom stereocenters. The maximum Gasteiger partial charge on any atom is 0.291 e. The van der Waals surface area contributed by atoms with E-state index in [0.29, 0.717) is 51.3 Å². The van der Waals surface area contributed by atoms with Gasteiger partial charge in [-0.15, -0.1) is 0 Å². The Morgan fingerprint density at radius 1 is 1.09 bits per heavy atom. The summed E-state index contributed by atoms with van der Waals surface area (Å²) in [5, 5.41) is 12.6. The fourth-order valence-electron chi connectivity index (χ4n) is 4.66. The minimum atomic E-state index is -1.15. The maximum atomic E-state index is 14.6. The number of nitrogens with two attached hydrogens (primary N) is 1. The lowest BCUT2D eigenvalue weighted by Gasteiger charge is -2.35. The number of halogens is 3. The highest BCUT2D eigenvalue weighted by atomic mass is 35.5. The zero-order valence-corrected chi connectivity index (χ0v) is 24.3. The number of rotatable bonds is 9. The van der Waals surface area contributed by atoms with Crippen LogP contribution in [0.3, 0.4) is 0 Å². The zero-order valence-electron chi connectivity index (χ0n) is 23.5. The number of hydrogen-bond donors (Lipinski definition) is 4. The predicted molar refractivity (Wildman–Crippen MR) is 156 cm³/mol. The van der Waals surface area contributed by atoms with Gasteiger partial charge in [0.25, 0.3) is 11.8 Å². The fourth-order valence-corrected chi connectivity index (χ4v) is 4.92. The number of aromatic nitrogens is 2. The van der Waals surface area contributed by atoms with Gasteiger partial charge >= 0.3 is 0 Å². The second-order valence-electron chi connectivity index (χ2n) is 9.74. The van der Waals surface area contributed by atoms with E-state index in [1.807, 2.05) is 0 Å². The van der Waals surface area contributed by atoms with E-state index in [1.165, 1.54) is 55.3 Å². The largest absolute Gasteiger partial charge is 0.494 e. The topological polar surface area (TPSA) is 159 Å². The number of imidazole rings is 1. The standard InChI is InChI=1S/C28H31ClF2N8O4/c1-37-20(18-7-8-21(43-2)24(31)23(18)30)15-35-25(37)26(41)36-16-5-6-17(19(29)14-16)27(42)39-12-10-38(11-13-39)22(40)4-3-9-34-28(32)33/h5-8,14-15H,3-4,9-13H2,1-2H3,(H,36,41)(H4,32,33,34). The number of piperazine rings is 1. The first-order valence-electron chi connectivity index (χ1n) is 13.3. The van der Waals surface area contributed by atoms with Gasteiger partial charge in [-0.3, -0.25) is 19.8 Å². The molecule has 0 radical (unpaired) electrons. The second kappa shape index (κ2) is 13.5. The van der Waals surface area contributed by atoms with Crippen molar-refractivity contribution in [2.24, 2.45) is 12.8 Å². The lowest BCUT2D eigenvalue weighted by atomic mass is 10.1. The Morgan fingerprint density at radius 3 is 2.44 bits per heavy atom. The number of amides is 3. The molecule has 3 amide bonds. The van der Waals surface area contributed by atoms with E-state index >= 15 is 0 Å². The number of ether oxygens (including phenoxy) is 1. The van der Waals surface area contributed by atoms with Crippen LogP contribution in [0.5, 0.6) is 5.75 Å². The molecule has 2 heterocycles. The molecule has 1 aliphatic rings. The van der Waals surface area contributed by atoms with Crippen molar-refractivity contribution in [1.29, 1.82) is 5.41 Å². The molecule has 3 aromatic rings. The van der Waals surface area contributed by atoms with Gasteiger partial charge in [-0.05, 0) is 36.8 Å². The number of hydrogen-bond acceptors (Lipinski definition) is 6. The molecule has 1 aliphatic heterocycles. The summed E-state index contributed by atoms with van der Waals surface area (Å²) in [7, 11) is 2.72. The van der Waals surface area contributed by atoms with Crippen LogP contribution in [0, 0.1) is 17.0 Å². The Morgan fingerprint density at radius 2 is 1.79 bits per heavy atom. The molecule has 15 heteroatoms. The van der Waals surface area contributed by atoms with E-state index in [-0.39, 0.29) is 51.2 Å². The number of methoxy groups -OCH3 is 1. The van der Waals surface area contributed by atoms with Gasteiger partial charge in [0.15, 0.2) is 23.4 Å². The van der Waals surface area contributed by atoms with Gasteiger partial charge in [0, 0.05) is 57.4 Å². The molecule has 1 aromatic heterocycles. The molecule has 2 aromatic carbocycles. The summed E-state index contributed by atoms with van der Waals surface area (Å²) in [6.07, 6.45) is 2.11. The van der Waals surface area contributed by atoms with Crippen LogP contribution in [0.2, 0.25) is 5.02 Å². The van der Waals surface area contributed by atoms with Crippen LogP contribution in [-0.2, 0) is 11.8 Å². The van der Waals surface area contributed by atoms with Crippen molar-refractivity contribution in [3.05, 3.63) is 64.6 Å². The maximum absolute atomic E-state index is 14.6. The lowest BCUT2D eigenvalue weighted by molar-refractivity contribution is -0.132. The van der Waals surface area contributed by atoms with E-state index in [2.05, 4.69) is 15.6 Å². The molecular weight excluding hydrogens is 586 g/mol. The number of nitrogens with one attached hydrogen (secondary N) is 3. The van der Waals surface area contributed by atoms with Crippen LogP contribution < -0.4 is 21.1 Å². The van der Waals surface area contributed by atoms with Crippen molar-refractivity contribution in [1.82, 2.24) is 24.7 Å². The Kier molecular flexibility index (Phi) is 9.80. The smallest absolute Gasteiger partial charge is 0.291 e. The van der Waals surface area contributed by atoms with Gasteiger partial charge in [0.1, 0.15) is 0 Å². The predicted octanol–water partition coefficient (Wildman–Crippen LogP) is 2.83. The first-order valence-corrected chi connectivity index (χ1v) is 13.7. The number of benzene rings is 2. The molecule has 1 fully saturated rings. The van der Waals surface area contributed by atoms with Crippen LogP contribution in [0.4, 0.5) is 14.5 Å². The van der Waals surface area contributed by atoms with Gasteiger partial charge in [0.05, 0.1) is 29.6 Å². The third-order valence-corrected chi connectivity index (χ3v) is 7.31. The van der Waals surface area contributed by atoms with Crippen molar-refractivity contribution in [3.63, 3.8) is 0 Å². The lowest BCUT2D eigenvalue weighted by Crippen LogP contribution is -2.50. The zero-order chi connectivity index (χ0) is 31.3. The third-order valence-electron chi connectivity index (χ3n) is 6.99. The van der Waals surface area contributed by atoms with Crippen LogP contribution in [0.1, 0.15) is 33.8 Å². The summed E-state index contributed by atoms with van der Waals surface area (Å²) >= 11 is 6.42. The molecule has 0 atom stereocenters. The highest BCUT2D eigenvalue weighted by Crippen LogP contribution is 2.30. The molecule has 228 valence electrons. The normalized spacial score (nSPS) is 13.0. The quantitative estimate of drug-likeness (QED) is 0.163. The minimum absolute atomic E-state index is 0.0308. The van der Waals surface area contributed by atoms with Crippen molar-refractivity contribution in [2.75, 3.05) is 45.2 Å². The van der Waals surface area contributed by atoms with E-state index in [0.717, 1.165) is 0 Å². The number of carbonyl (C=O) groups excluding carboxylic acids is 3. The van der Waals surface area contributed by atoms with E-state index in [1.54, 1.807) is 9.80 Å². The Labute approximate surface area is 251 Å². The van der Waals surface area contributed by atoms with Gasteiger partial charge in [-0.25, -0.2) is 9.37 Å². The van der Waals surface area contributed by atoms with Crippen LogP contribution in [-0.4, -0.2) is 82.9 Å². The molecule has 0 saturated carbocycles.